The molecular formula is C18H19Br3. The maximum Gasteiger partial charge on any atom is 0.0213 e. The van der Waals surface area contributed by atoms with Gasteiger partial charge in [-0.05, 0) is 37.5 Å². The van der Waals surface area contributed by atoms with Crippen molar-refractivity contribution >= 4 is 47.8 Å². The Morgan fingerprint density at radius 2 is 1.48 bits per heavy atom. The van der Waals surface area contributed by atoms with Crippen molar-refractivity contribution in [1.82, 2.24) is 0 Å². The molecule has 0 saturated heterocycles. The molecular weight excluding hydrogens is 456 g/mol. The number of rotatable bonds is 5. The SMILES string of the molecule is Cc1cc(C)cc(CC(CBr)(CBr)c2ccccc2Br)c1. The molecule has 0 heterocycles. The van der Waals surface area contributed by atoms with Crippen LogP contribution in [0.25, 0.3) is 0 Å². The van der Waals surface area contributed by atoms with Gasteiger partial charge in [0.05, 0.1) is 0 Å². The van der Waals surface area contributed by atoms with Crippen LogP contribution < -0.4 is 0 Å². The first-order valence-electron chi connectivity index (χ1n) is 6.95. The van der Waals surface area contributed by atoms with Gasteiger partial charge in [0.1, 0.15) is 0 Å². The molecule has 0 aliphatic carbocycles. The molecule has 3 heteroatoms. The van der Waals surface area contributed by atoms with Gasteiger partial charge >= 0.3 is 0 Å². The van der Waals surface area contributed by atoms with Crippen LogP contribution in [0, 0.1) is 13.8 Å². The Balaban J connectivity index is 2.45. The van der Waals surface area contributed by atoms with E-state index in [4.69, 9.17) is 0 Å². The van der Waals surface area contributed by atoms with E-state index in [0.29, 0.717) is 0 Å². The van der Waals surface area contributed by atoms with Crippen LogP contribution in [0.3, 0.4) is 0 Å². The zero-order chi connectivity index (χ0) is 15.5. The average molecular weight is 475 g/mol. The van der Waals surface area contributed by atoms with Gasteiger partial charge in [0, 0.05) is 20.5 Å². The average Bonchev–Trinajstić information content (AvgIpc) is 2.44. The van der Waals surface area contributed by atoms with E-state index in [1.807, 2.05) is 0 Å². The van der Waals surface area contributed by atoms with Crippen molar-refractivity contribution in [3.63, 3.8) is 0 Å². The number of aryl methyl sites for hydroxylation is 2. The molecule has 0 bridgehead atoms. The summed E-state index contributed by atoms with van der Waals surface area (Å²) >= 11 is 11.2. The zero-order valence-electron chi connectivity index (χ0n) is 12.3. The van der Waals surface area contributed by atoms with Crippen LogP contribution >= 0.6 is 47.8 Å². The van der Waals surface area contributed by atoms with E-state index in [-0.39, 0.29) is 5.41 Å². The maximum absolute atomic E-state index is 3.75. The summed E-state index contributed by atoms with van der Waals surface area (Å²) in [5.41, 5.74) is 5.44. The van der Waals surface area contributed by atoms with Crippen molar-refractivity contribution in [3.05, 3.63) is 69.2 Å². The van der Waals surface area contributed by atoms with Crippen LogP contribution in [0.2, 0.25) is 0 Å². The fraction of sp³-hybridized carbons (Fsp3) is 0.333. The van der Waals surface area contributed by atoms with Gasteiger partial charge in [0.25, 0.3) is 0 Å². The van der Waals surface area contributed by atoms with Crippen LogP contribution in [-0.4, -0.2) is 10.7 Å². The molecule has 0 unspecified atom stereocenters. The molecule has 0 amide bonds. The van der Waals surface area contributed by atoms with Crippen molar-refractivity contribution < 1.29 is 0 Å². The summed E-state index contributed by atoms with van der Waals surface area (Å²) in [4.78, 5) is 0. The third-order valence-corrected chi connectivity index (χ3v) is 6.62. The highest BCUT2D eigenvalue weighted by atomic mass is 79.9. The topological polar surface area (TPSA) is 0 Å². The van der Waals surface area contributed by atoms with Crippen molar-refractivity contribution in [2.24, 2.45) is 0 Å². The van der Waals surface area contributed by atoms with E-state index in [1.165, 1.54) is 26.7 Å². The Morgan fingerprint density at radius 3 is 2.00 bits per heavy atom. The lowest BCUT2D eigenvalue weighted by molar-refractivity contribution is 0.548. The van der Waals surface area contributed by atoms with Crippen molar-refractivity contribution in [2.45, 2.75) is 25.7 Å². The smallest absolute Gasteiger partial charge is 0.0213 e. The molecule has 0 fully saturated rings. The van der Waals surface area contributed by atoms with Crippen molar-refractivity contribution in [2.75, 3.05) is 10.7 Å². The first kappa shape index (κ1) is 17.2. The summed E-state index contributed by atoms with van der Waals surface area (Å²) in [7, 11) is 0. The molecule has 112 valence electrons. The highest BCUT2D eigenvalue weighted by Gasteiger charge is 2.32. The summed E-state index contributed by atoms with van der Waals surface area (Å²) in [5, 5.41) is 1.84. The highest BCUT2D eigenvalue weighted by molar-refractivity contribution is 9.10. The first-order chi connectivity index (χ1) is 10.0. The first-order valence-corrected chi connectivity index (χ1v) is 9.98. The summed E-state index contributed by atoms with van der Waals surface area (Å²) in [5.74, 6) is 0. The van der Waals surface area contributed by atoms with E-state index in [1.54, 1.807) is 0 Å². The fourth-order valence-corrected chi connectivity index (χ4v) is 5.46. The second kappa shape index (κ2) is 7.43. The number of hydrogen-bond acceptors (Lipinski definition) is 0. The molecule has 0 nitrogen and oxygen atoms in total. The number of benzene rings is 2. The van der Waals surface area contributed by atoms with E-state index >= 15 is 0 Å². The van der Waals surface area contributed by atoms with Gasteiger partial charge in [-0.25, -0.2) is 0 Å². The molecule has 2 rings (SSSR count). The number of alkyl halides is 2. The molecule has 0 aliphatic rings. The normalized spacial score (nSPS) is 11.7. The standard InChI is InChI=1S/C18H19Br3/c1-13-7-14(2)9-15(8-13)10-18(11-19,12-20)16-5-3-4-6-17(16)21/h3-9H,10-12H2,1-2H3. The number of hydrogen-bond donors (Lipinski definition) is 0. The lowest BCUT2D eigenvalue weighted by Crippen LogP contribution is -2.33. The van der Waals surface area contributed by atoms with E-state index in [2.05, 4.69) is 104 Å². The molecule has 0 aromatic heterocycles. The predicted molar refractivity (Wildman–Crippen MR) is 103 cm³/mol. The quantitative estimate of drug-likeness (QED) is 0.444. The van der Waals surface area contributed by atoms with Crippen LogP contribution in [0.4, 0.5) is 0 Å². The monoisotopic (exact) mass is 472 g/mol. The Kier molecular flexibility index (Phi) is 6.10. The summed E-state index contributed by atoms with van der Waals surface area (Å²) in [6.45, 7) is 4.33. The Morgan fingerprint density at radius 1 is 0.905 bits per heavy atom. The second-order valence-electron chi connectivity index (χ2n) is 5.70. The minimum absolute atomic E-state index is 0.0420. The van der Waals surface area contributed by atoms with Gasteiger partial charge in [-0.15, -0.1) is 0 Å². The van der Waals surface area contributed by atoms with E-state index in [9.17, 15) is 0 Å². The third kappa shape index (κ3) is 4.00. The Hall–Kier alpha value is -0.120. The van der Waals surface area contributed by atoms with E-state index in [0.717, 1.165) is 17.1 Å². The molecule has 2 aromatic rings. The van der Waals surface area contributed by atoms with Crippen molar-refractivity contribution in [3.8, 4) is 0 Å². The van der Waals surface area contributed by atoms with Gasteiger partial charge in [-0.2, -0.15) is 0 Å². The van der Waals surface area contributed by atoms with Crippen LogP contribution in [0.15, 0.2) is 46.9 Å². The second-order valence-corrected chi connectivity index (χ2v) is 7.68. The molecule has 0 saturated carbocycles. The lowest BCUT2D eigenvalue weighted by atomic mass is 9.78. The van der Waals surface area contributed by atoms with Gasteiger partial charge < -0.3 is 0 Å². The minimum atomic E-state index is 0.0420. The van der Waals surface area contributed by atoms with Gasteiger partial charge in [0.15, 0.2) is 0 Å². The van der Waals surface area contributed by atoms with E-state index < -0.39 is 0 Å². The van der Waals surface area contributed by atoms with Gasteiger partial charge in [0.2, 0.25) is 0 Å². The predicted octanol–water partition coefficient (Wildman–Crippen LogP) is 6.34. The van der Waals surface area contributed by atoms with Crippen molar-refractivity contribution in [1.29, 1.82) is 0 Å². The van der Waals surface area contributed by atoms with Crippen LogP contribution in [-0.2, 0) is 11.8 Å². The molecule has 21 heavy (non-hydrogen) atoms. The molecule has 0 atom stereocenters. The van der Waals surface area contributed by atoms with Crippen LogP contribution in [0.1, 0.15) is 22.3 Å². The third-order valence-electron chi connectivity index (χ3n) is 3.78. The summed E-state index contributed by atoms with van der Waals surface area (Å²) in [6, 6.07) is 15.3. The maximum atomic E-state index is 3.75. The Bertz CT molecular complexity index is 595. The molecule has 0 aliphatic heterocycles. The zero-order valence-corrected chi connectivity index (χ0v) is 17.1. The Labute approximate surface area is 152 Å². The molecule has 0 spiro atoms. The molecule has 0 N–H and O–H groups in total. The molecule has 2 aromatic carbocycles. The fourth-order valence-electron chi connectivity index (χ4n) is 2.82. The van der Waals surface area contributed by atoms with Gasteiger partial charge in [-0.3, -0.25) is 0 Å². The molecule has 0 radical (unpaired) electrons. The largest absolute Gasteiger partial charge is 0.0918 e. The lowest BCUT2D eigenvalue weighted by Gasteiger charge is -2.32. The number of halogens is 3. The minimum Gasteiger partial charge on any atom is -0.0918 e. The summed E-state index contributed by atoms with van der Waals surface area (Å²) < 4.78 is 1.17. The highest BCUT2D eigenvalue weighted by Crippen LogP contribution is 2.37. The summed E-state index contributed by atoms with van der Waals surface area (Å²) in [6.07, 6.45) is 1.01. The van der Waals surface area contributed by atoms with Gasteiger partial charge in [-0.1, -0.05) is 95.3 Å². The van der Waals surface area contributed by atoms with Crippen LogP contribution in [0.5, 0.6) is 0 Å².